The van der Waals surface area contributed by atoms with Crippen LogP contribution in [0.3, 0.4) is 0 Å². The molecular weight excluding hydrogens is 638 g/mol. The van der Waals surface area contributed by atoms with E-state index in [1.165, 1.54) is 0 Å². The second-order valence-corrected chi connectivity index (χ2v) is 14.3. The first-order valence-electron chi connectivity index (χ1n) is 13.4. The molecule has 0 unspecified atom stereocenters. The zero-order valence-electron chi connectivity index (χ0n) is 23.4. The van der Waals surface area contributed by atoms with Gasteiger partial charge in [0, 0.05) is 48.4 Å². The molecule has 2 aromatic carbocycles. The number of nitrogens with one attached hydrogen (secondary N) is 1. The zero-order chi connectivity index (χ0) is 29.0. The standard InChI is InChI=1S/C32H33Br2NO5/c1-17-7-6-8-19(9-17)35-26(38)16-39-30-20(33)10-18(11-21(30)34)27-28-22(36)12-31(2,3)14-24(28)40-25-15-32(4,5)13-23(37)29(25)27/h6-11,27H,12-16H2,1-5H3,(H,35,38). The van der Waals surface area contributed by atoms with Crippen molar-refractivity contribution in [2.45, 2.75) is 66.2 Å². The SMILES string of the molecule is Cc1cccc(NC(=O)COc2c(Br)cc(C3C4=C(CC(C)(C)CC4=O)OC4=C3C(=O)CC(C)(C)C4)cc2Br)c1. The van der Waals surface area contributed by atoms with Gasteiger partial charge in [0.2, 0.25) is 0 Å². The molecule has 1 N–H and O–H groups in total. The highest BCUT2D eigenvalue weighted by Gasteiger charge is 2.48. The lowest BCUT2D eigenvalue weighted by atomic mass is 9.65. The molecule has 3 aliphatic rings. The van der Waals surface area contributed by atoms with Gasteiger partial charge >= 0.3 is 0 Å². The summed E-state index contributed by atoms with van der Waals surface area (Å²) in [5.41, 5.74) is 3.27. The predicted octanol–water partition coefficient (Wildman–Crippen LogP) is 7.94. The summed E-state index contributed by atoms with van der Waals surface area (Å²) in [7, 11) is 0. The number of benzene rings is 2. The van der Waals surface area contributed by atoms with Crippen LogP contribution in [-0.4, -0.2) is 24.1 Å². The molecule has 1 amide bonds. The molecule has 6 nitrogen and oxygen atoms in total. The van der Waals surface area contributed by atoms with Gasteiger partial charge in [-0.3, -0.25) is 14.4 Å². The van der Waals surface area contributed by atoms with Gasteiger partial charge in [-0.05, 0) is 85.0 Å². The fourth-order valence-electron chi connectivity index (χ4n) is 5.95. The number of aryl methyl sites for hydroxylation is 1. The van der Waals surface area contributed by atoms with E-state index in [0.29, 0.717) is 68.7 Å². The van der Waals surface area contributed by atoms with E-state index >= 15 is 0 Å². The molecule has 0 bridgehead atoms. The second kappa shape index (κ2) is 10.6. The van der Waals surface area contributed by atoms with Crippen LogP contribution in [0.25, 0.3) is 0 Å². The van der Waals surface area contributed by atoms with Crippen molar-refractivity contribution in [2.24, 2.45) is 10.8 Å². The topological polar surface area (TPSA) is 81.7 Å². The van der Waals surface area contributed by atoms with Crippen LogP contribution in [0.2, 0.25) is 0 Å². The maximum Gasteiger partial charge on any atom is 0.262 e. The first kappa shape index (κ1) is 28.8. The Morgan fingerprint density at radius 2 is 1.48 bits per heavy atom. The van der Waals surface area contributed by atoms with Gasteiger partial charge in [-0.15, -0.1) is 0 Å². The summed E-state index contributed by atoms with van der Waals surface area (Å²) in [5.74, 6) is 1.05. The van der Waals surface area contributed by atoms with Gasteiger partial charge in [-0.2, -0.15) is 0 Å². The summed E-state index contributed by atoms with van der Waals surface area (Å²) in [6.45, 7) is 10.1. The van der Waals surface area contributed by atoms with Gasteiger partial charge in [0.15, 0.2) is 18.2 Å². The first-order valence-corrected chi connectivity index (χ1v) is 15.0. The zero-order valence-corrected chi connectivity index (χ0v) is 26.5. The van der Waals surface area contributed by atoms with Crippen LogP contribution in [0.4, 0.5) is 5.69 Å². The lowest BCUT2D eigenvalue weighted by Gasteiger charge is -2.42. The third-order valence-electron chi connectivity index (χ3n) is 7.59. The quantitative estimate of drug-likeness (QED) is 0.349. The van der Waals surface area contributed by atoms with Crippen LogP contribution in [0, 0.1) is 17.8 Å². The normalized spacial score (nSPS) is 20.1. The van der Waals surface area contributed by atoms with E-state index in [2.05, 4.69) is 64.9 Å². The maximum absolute atomic E-state index is 13.6. The van der Waals surface area contributed by atoms with E-state index in [-0.39, 0.29) is 34.9 Å². The lowest BCUT2D eigenvalue weighted by molar-refractivity contribution is -0.120. The van der Waals surface area contributed by atoms with Gasteiger partial charge in [0.05, 0.1) is 8.95 Å². The molecule has 1 aliphatic heterocycles. The molecule has 1 heterocycles. The second-order valence-electron chi connectivity index (χ2n) is 12.6. The summed E-state index contributed by atoms with van der Waals surface area (Å²) < 4.78 is 13.5. The van der Waals surface area contributed by atoms with Crippen molar-refractivity contribution >= 4 is 55.0 Å². The number of hydrogen-bond acceptors (Lipinski definition) is 5. The summed E-state index contributed by atoms with van der Waals surface area (Å²) >= 11 is 7.23. The van der Waals surface area contributed by atoms with Gasteiger partial charge < -0.3 is 14.8 Å². The summed E-state index contributed by atoms with van der Waals surface area (Å²) in [6, 6.07) is 11.3. The Balaban J connectivity index is 1.47. The lowest BCUT2D eigenvalue weighted by Crippen LogP contribution is -2.37. The van der Waals surface area contributed by atoms with Gasteiger partial charge in [-0.25, -0.2) is 0 Å². The smallest absolute Gasteiger partial charge is 0.262 e. The van der Waals surface area contributed by atoms with Crippen LogP contribution < -0.4 is 10.1 Å². The molecule has 2 aromatic rings. The number of Topliss-reactive ketones (excluding diaryl/α,β-unsaturated/α-hetero) is 2. The first-order chi connectivity index (χ1) is 18.7. The average molecular weight is 671 g/mol. The number of amides is 1. The van der Waals surface area contributed by atoms with Crippen molar-refractivity contribution in [3.05, 3.63) is 79.1 Å². The highest BCUT2D eigenvalue weighted by atomic mass is 79.9. The Labute approximate surface area is 251 Å². The minimum Gasteiger partial charge on any atom is -0.481 e. The molecule has 40 heavy (non-hydrogen) atoms. The van der Waals surface area contributed by atoms with E-state index < -0.39 is 5.92 Å². The van der Waals surface area contributed by atoms with Crippen molar-refractivity contribution in [3.63, 3.8) is 0 Å². The molecule has 5 rings (SSSR count). The van der Waals surface area contributed by atoms with E-state index in [4.69, 9.17) is 9.47 Å². The van der Waals surface area contributed by atoms with Crippen molar-refractivity contribution < 1.29 is 23.9 Å². The number of anilines is 1. The van der Waals surface area contributed by atoms with Crippen LogP contribution in [-0.2, 0) is 19.1 Å². The number of carbonyl (C=O) groups is 3. The third kappa shape index (κ3) is 5.84. The molecule has 0 radical (unpaired) electrons. The maximum atomic E-state index is 13.6. The molecule has 210 valence electrons. The Bertz CT molecular complexity index is 1430. The number of ketones is 2. The van der Waals surface area contributed by atoms with Crippen LogP contribution >= 0.6 is 31.9 Å². The summed E-state index contributed by atoms with van der Waals surface area (Å²) in [6.07, 6.45) is 2.06. The van der Waals surface area contributed by atoms with E-state index in [0.717, 1.165) is 11.1 Å². The molecule has 2 aliphatic carbocycles. The number of allylic oxidation sites excluding steroid dienone is 4. The van der Waals surface area contributed by atoms with Crippen molar-refractivity contribution in [1.29, 1.82) is 0 Å². The fourth-order valence-corrected chi connectivity index (χ4v) is 7.40. The Kier molecular flexibility index (Phi) is 7.64. The Morgan fingerprint density at radius 3 is 2.00 bits per heavy atom. The molecular formula is C32H33Br2NO5. The minimum absolute atomic E-state index is 0.0147. The summed E-state index contributed by atoms with van der Waals surface area (Å²) in [5, 5.41) is 2.84. The molecule has 0 saturated heterocycles. The highest BCUT2D eigenvalue weighted by molar-refractivity contribution is 9.11. The number of ether oxygens (including phenoxy) is 2. The van der Waals surface area contributed by atoms with Crippen molar-refractivity contribution in [2.75, 3.05) is 11.9 Å². The third-order valence-corrected chi connectivity index (χ3v) is 8.76. The summed E-state index contributed by atoms with van der Waals surface area (Å²) in [4.78, 5) is 39.7. The minimum atomic E-state index is -0.516. The molecule has 0 fully saturated rings. The van der Waals surface area contributed by atoms with Crippen LogP contribution in [0.5, 0.6) is 5.75 Å². The molecule has 8 heteroatoms. The van der Waals surface area contributed by atoms with Crippen molar-refractivity contribution in [1.82, 2.24) is 0 Å². The molecule has 0 aromatic heterocycles. The van der Waals surface area contributed by atoms with Gasteiger partial charge in [0.25, 0.3) is 5.91 Å². The van der Waals surface area contributed by atoms with Gasteiger partial charge in [0.1, 0.15) is 17.3 Å². The van der Waals surface area contributed by atoms with Crippen LogP contribution in [0.15, 0.2) is 68.0 Å². The predicted molar refractivity (Wildman–Crippen MR) is 161 cm³/mol. The Hall–Kier alpha value is -2.71. The van der Waals surface area contributed by atoms with E-state index in [1.807, 2.05) is 43.3 Å². The average Bonchev–Trinajstić information content (AvgIpc) is 2.80. The molecule has 0 saturated carbocycles. The molecule has 0 atom stereocenters. The fraction of sp³-hybridized carbons (Fsp3) is 0.406. The number of carbonyl (C=O) groups excluding carboxylic acids is 3. The number of halogens is 2. The van der Waals surface area contributed by atoms with E-state index in [1.54, 1.807) is 0 Å². The largest absolute Gasteiger partial charge is 0.481 e. The monoisotopic (exact) mass is 669 g/mol. The molecule has 0 spiro atoms. The number of rotatable bonds is 5. The van der Waals surface area contributed by atoms with E-state index in [9.17, 15) is 14.4 Å². The van der Waals surface area contributed by atoms with Gasteiger partial charge in [-0.1, -0.05) is 39.8 Å². The number of hydrogen-bond donors (Lipinski definition) is 1. The van der Waals surface area contributed by atoms with Crippen molar-refractivity contribution in [3.8, 4) is 5.75 Å². The highest BCUT2D eigenvalue weighted by Crippen LogP contribution is 2.54. The van der Waals surface area contributed by atoms with Crippen LogP contribution in [0.1, 0.15) is 70.4 Å². The Morgan fingerprint density at radius 1 is 0.925 bits per heavy atom.